The molecular formula is C12H16FN3O3S. The Hall–Kier alpha value is -1.51. The van der Waals surface area contributed by atoms with E-state index in [1.807, 2.05) is 4.72 Å². The van der Waals surface area contributed by atoms with Crippen molar-refractivity contribution < 1.29 is 17.6 Å². The summed E-state index contributed by atoms with van der Waals surface area (Å²) in [6.07, 6.45) is 0. The van der Waals surface area contributed by atoms with E-state index in [-0.39, 0.29) is 11.5 Å². The van der Waals surface area contributed by atoms with Crippen LogP contribution in [-0.2, 0) is 10.0 Å². The molecule has 0 bridgehead atoms. The fourth-order valence-electron chi connectivity index (χ4n) is 2.00. The van der Waals surface area contributed by atoms with Crippen LogP contribution in [0.2, 0.25) is 0 Å². The van der Waals surface area contributed by atoms with Gasteiger partial charge in [0, 0.05) is 31.7 Å². The third kappa shape index (κ3) is 2.97. The minimum atomic E-state index is -3.92. The van der Waals surface area contributed by atoms with Gasteiger partial charge in [0.05, 0.1) is 0 Å². The average Bonchev–Trinajstić information content (AvgIpc) is 2.47. The van der Waals surface area contributed by atoms with Crippen molar-refractivity contribution in [3.63, 3.8) is 0 Å². The third-order valence-corrected chi connectivity index (χ3v) is 4.57. The SMILES string of the molecule is CNS(=O)(=O)c1cc(C(=O)N2CCNCC2)ccc1F. The number of nitrogens with one attached hydrogen (secondary N) is 2. The number of hydrogen-bond acceptors (Lipinski definition) is 4. The van der Waals surface area contributed by atoms with Gasteiger partial charge in [-0.25, -0.2) is 17.5 Å². The number of carbonyl (C=O) groups excluding carboxylic acids is 1. The molecule has 110 valence electrons. The number of benzene rings is 1. The molecule has 0 radical (unpaired) electrons. The molecule has 0 saturated carbocycles. The first kappa shape index (κ1) is 14.9. The Balaban J connectivity index is 2.34. The van der Waals surface area contributed by atoms with Gasteiger partial charge in [-0.15, -0.1) is 0 Å². The van der Waals surface area contributed by atoms with Crippen molar-refractivity contribution in [1.82, 2.24) is 14.9 Å². The van der Waals surface area contributed by atoms with Crippen LogP contribution in [0.3, 0.4) is 0 Å². The molecule has 0 atom stereocenters. The quantitative estimate of drug-likeness (QED) is 0.809. The summed E-state index contributed by atoms with van der Waals surface area (Å²) in [4.78, 5) is 13.3. The first-order chi connectivity index (χ1) is 9.45. The topological polar surface area (TPSA) is 78.5 Å². The highest BCUT2D eigenvalue weighted by atomic mass is 32.2. The fraction of sp³-hybridized carbons (Fsp3) is 0.417. The molecular weight excluding hydrogens is 285 g/mol. The molecule has 1 saturated heterocycles. The summed E-state index contributed by atoms with van der Waals surface area (Å²) < 4.78 is 39.0. The van der Waals surface area contributed by atoms with Gasteiger partial charge in [-0.2, -0.15) is 0 Å². The molecule has 1 aromatic rings. The summed E-state index contributed by atoms with van der Waals surface area (Å²) in [5, 5.41) is 3.12. The number of sulfonamides is 1. The van der Waals surface area contributed by atoms with Gasteiger partial charge >= 0.3 is 0 Å². The number of rotatable bonds is 3. The van der Waals surface area contributed by atoms with Gasteiger partial charge in [0.15, 0.2) is 0 Å². The van der Waals surface area contributed by atoms with E-state index in [4.69, 9.17) is 0 Å². The molecule has 2 N–H and O–H groups in total. The van der Waals surface area contributed by atoms with Crippen LogP contribution < -0.4 is 10.0 Å². The van der Waals surface area contributed by atoms with Crippen LogP contribution in [0.25, 0.3) is 0 Å². The first-order valence-electron chi connectivity index (χ1n) is 6.19. The number of halogens is 1. The fourth-order valence-corrected chi connectivity index (χ4v) is 2.83. The van der Waals surface area contributed by atoms with E-state index >= 15 is 0 Å². The Morgan fingerprint density at radius 3 is 2.60 bits per heavy atom. The van der Waals surface area contributed by atoms with Crippen LogP contribution in [0.5, 0.6) is 0 Å². The molecule has 0 spiro atoms. The number of piperazine rings is 1. The molecule has 0 aliphatic carbocycles. The zero-order valence-electron chi connectivity index (χ0n) is 11.0. The molecule has 20 heavy (non-hydrogen) atoms. The number of carbonyl (C=O) groups is 1. The van der Waals surface area contributed by atoms with E-state index in [0.29, 0.717) is 26.2 Å². The van der Waals surface area contributed by atoms with Crippen molar-refractivity contribution in [2.24, 2.45) is 0 Å². The highest BCUT2D eigenvalue weighted by Gasteiger charge is 2.22. The van der Waals surface area contributed by atoms with E-state index in [1.54, 1.807) is 4.90 Å². The molecule has 1 heterocycles. The first-order valence-corrected chi connectivity index (χ1v) is 7.67. The monoisotopic (exact) mass is 301 g/mol. The number of nitrogens with zero attached hydrogens (tertiary/aromatic N) is 1. The Morgan fingerprint density at radius 2 is 2.00 bits per heavy atom. The third-order valence-electron chi connectivity index (χ3n) is 3.14. The zero-order valence-corrected chi connectivity index (χ0v) is 11.8. The summed E-state index contributed by atoms with van der Waals surface area (Å²) in [5.74, 6) is -1.17. The smallest absolute Gasteiger partial charge is 0.253 e. The van der Waals surface area contributed by atoms with E-state index < -0.39 is 20.7 Å². The average molecular weight is 301 g/mol. The lowest BCUT2D eigenvalue weighted by Crippen LogP contribution is -2.46. The minimum Gasteiger partial charge on any atom is -0.336 e. The van der Waals surface area contributed by atoms with Crippen molar-refractivity contribution in [3.8, 4) is 0 Å². The molecule has 1 aliphatic heterocycles. The Morgan fingerprint density at radius 1 is 1.35 bits per heavy atom. The Kier molecular flexibility index (Phi) is 4.36. The molecule has 1 aromatic carbocycles. The standard InChI is InChI=1S/C12H16FN3O3S/c1-14-20(18,19)11-8-9(2-3-10(11)13)12(17)16-6-4-15-5-7-16/h2-3,8,14-15H,4-7H2,1H3. The molecule has 2 rings (SSSR count). The largest absolute Gasteiger partial charge is 0.336 e. The second-order valence-corrected chi connectivity index (χ2v) is 6.25. The lowest BCUT2D eigenvalue weighted by atomic mass is 10.2. The van der Waals surface area contributed by atoms with E-state index in [9.17, 15) is 17.6 Å². The molecule has 8 heteroatoms. The van der Waals surface area contributed by atoms with Gasteiger partial charge in [0.1, 0.15) is 10.7 Å². The van der Waals surface area contributed by atoms with Crippen molar-refractivity contribution in [3.05, 3.63) is 29.6 Å². The maximum Gasteiger partial charge on any atom is 0.253 e. The van der Waals surface area contributed by atoms with Gasteiger partial charge in [0.25, 0.3) is 5.91 Å². The van der Waals surface area contributed by atoms with Gasteiger partial charge < -0.3 is 10.2 Å². The van der Waals surface area contributed by atoms with E-state index in [1.165, 1.54) is 13.1 Å². The lowest BCUT2D eigenvalue weighted by Gasteiger charge is -2.27. The maximum absolute atomic E-state index is 13.6. The molecule has 0 unspecified atom stereocenters. The molecule has 1 fully saturated rings. The van der Waals surface area contributed by atoms with Crippen LogP contribution in [0.4, 0.5) is 4.39 Å². The molecule has 1 aliphatic rings. The predicted octanol–water partition coefficient (Wildman–Crippen LogP) is -0.221. The van der Waals surface area contributed by atoms with Crippen LogP contribution in [-0.4, -0.2) is 52.5 Å². The normalized spacial score (nSPS) is 16.2. The Bertz CT molecular complexity index is 612. The van der Waals surface area contributed by atoms with Crippen LogP contribution >= 0.6 is 0 Å². The Labute approximate surface area is 117 Å². The lowest BCUT2D eigenvalue weighted by molar-refractivity contribution is 0.0735. The van der Waals surface area contributed by atoms with Crippen LogP contribution in [0, 0.1) is 5.82 Å². The second kappa shape index (κ2) is 5.86. The van der Waals surface area contributed by atoms with Crippen molar-refractivity contribution in [2.75, 3.05) is 33.2 Å². The highest BCUT2D eigenvalue weighted by Crippen LogP contribution is 2.17. The van der Waals surface area contributed by atoms with Crippen LogP contribution in [0.15, 0.2) is 23.1 Å². The summed E-state index contributed by atoms with van der Waals surface area (Å²) in [6.45, 7) is 2.47. The predicted molar refractivity (Wildman–Crippen MR) is 71.4 cm³/mol. The van der Waals surface area contributed by atoms with Gasteiger partial charge in [0.2, 0.25) is 10.0 Å². The van der Waals surface area contributed by atoms with Crippen LogP contribution in [0.1, 0.15) is 10.4 Å². The summed E-state index contributed by atoms with van der Waals surface area (Å²) in [5.41, 5.74) is 0.169. The van der Waals surface area contributed by atoms with Gasteiger partial charge in [-0.05, 0) is 25.2 Å². The summed E-state index contributed by atoms with van der Waals surface area (Å²) in [6, 6.07) is 3.37. The number of amides is 1. The summed E-state index contributed by atoms with van der Waals surface area (Å²) >= 11 is 0. The maximum atomic E-state index is 13.6. The van der Waals surface area contributed by atoms with Crippen molar-refractivity contribution in [1.29, 1.82) is 0 Å². The van der Waals surface area contributed by atoms with Gasteiger partial charge in [-0.1, -0.05) is 0 Å². The molecule has 1 amide bonds. The minimum absolute atomic E-state index is 0.169. The van der Waals surface area contributed by atoms with E-state index in [0.717, 1.165) is 12.1 Å². The highest BCUT2D eigenvalue weighted by molar-refractivity contribution is 7.89. The number of hydrogen-bond donors (Lipinski definition) is 2. The van der Waals surface area contributed by atoms with Gasteiger partial charge in [-0.3, -0.25) is 4.79 Å². The van der Waals surface area contributed by atoms with Crippen molar-refractivity contribution >= 4 is 15.9 Å². The summed E-state index contributed by atoms with van der Waals surface area (Å²) in [7, 11) is -2.73. The van der Waals surface area contributed by atoms with E-state index in [2.05, 4.69) is 5.32 Å². The zero-order chi connectivity index (χ0) is 14.8. The van der Waals surface area contributed by atoms with Crippen molar-refractivity contribution in [2.45, 2.75) is 4.90 Å². The molecule has 0 aromatic heterocycles. The molecule has 6 nitrogen and oxygen atoms in total. The second-order valence-electron chi connectivity index (χ2n) is 4.39.